The van der Waals surface area contributed by atoms with E-state index in [-0.39, 0.29) is 11.9 Å². The minimum Gasteiger partial charge on any atom is -0.370 e. The number of rotatable bonds is 5. The maximum atomic E-state index is 12.0. The van der Waals surface area contributed by atoms with E-state index in [0.717, 1.165) is 17.7 Å². The smallest absolute Gasteiger partial charge is 0.201 e. The third kappa shape index (κ3) is 2.04. The molecule has 0 N–H and O–H groups in total. The molecule has 1 heterocycles. The average Bonchev–Trinajstić information content (AvgIpc) is 2.88. The van der Waals surface area contributed by atoms with Gasteiger partial charge in [-0.3, -0.25) is 4.79 Å². The Morgan fingerprint density at radius 3 is 3.00 bits per heavy atom. The largest absolute Gasteiger partial charge is 0.370 e. The number of Topliss-reactive ketones (excluding diaryl/α,β-unsaturated/α-hetero) is 1. The van der Waals surface area contributed by atoms with Crippen molar-refractivity contribution in [3.63, 3.8) is 0 Å². The molecule has 0 spiro atoms. The molecule has 0 amide bonds. The van der Waals surface area contributed by atoms with Crippen molar-refractivity contribution in [2.45, 2.75) is 25.9 Å². The lowest BCUT2D eigenvalue weighted by Gasteiger charge is -2.13. The van der Waals surface area contributed by atoms with Crippen LogP contribution < -0.4 is 0 Å². The fourth-order valence-corrected chi connectivity index (χ4v) is 2.26. The molecule has 0 bridgehead atoms. The molecule has 1 aromatic heterocycles. The van der Waals surface area contributed by atoms with Gasteiger partial charge >= 0.3 is 0 Å². The second kappa shape index (κ2) is 4.24. The monoisotopic (exact) mass is 210 g/mol. The van der Waals surface area contributed by atoms with Gasteiger partial charge in [-0.1, -0.05) is 6.07 Å². The number of hydrogen-bond donors (Lipinski definition) is 0. The highest BCUT2D eigenvalue weighted by atomic mass is 32.1. The molecule has 1 aliphatic rings. The lowest BCUT2D eigenvalue weighted by Crippen LogP contribution is -2.26. The molecule has 2 rings (SSSR count). The van der Waals surface area contributed by atoms with E-state index in [9.17, 15) is 4.79 Å². The van der Waals surface area contributed by atoms with Crippen molar-refractivity contribution in [3.8, 4) is 0 Å². The molecule has 1 atom stereocenters. The molecule has 1 aromatic rings. The van der Waals surface area contributed by atoms with Crippen LogP contribution in [-0.4, -0.2) is 18.5 Å². The topological polar surface area (TPSA) is 26.3 Å². The molecule has 76 valence electrons. The molecule has 1 unspecified atom stereocenters. The maximum absolute atomic E-state index is 12.0. The summed E-state index contributed by atoms with van der Waals surface area (Å²) in [5, 5.41) is 1.93. The molecule has 0 aliphatic heterocycles. The summed E-state index contributed by atoms with van der Waals surface area (Å²) in [6.45, 7) is 2.56. The zero-order valence-corrected chi connectivity index (χ0v) is 9.05. The van der Waals surface area contributed by atoms with Crippen LogP contribution in [0.3, 0.4) is 0 Å². The SMILES string of the molecule is CCOC(C(=O)c1cccs1)C1CC1. The molecule has 1 aliphatic carbocycles. The Labute approximate surface area is 87.9 Å². The van der Waals surface area contributed by atoms with Gasteiger partial charge in [0.2, 0.25) is 5.78 Å². The number of ether oxygens (including phenoxy) is 1. The second-order valence-electron chi connectivity index (χ2n) is 3.55. The molecule has 1 saturated carbocycles. The summed E-state index contributed by atoms with van der Waals surface area (Å²) in [4.78, 5) is 12.8. The van der Waals surface area contributed by atoms with E-state index >= 15 is 0 Å². The zero-order chi connectivity index (χ0) is 9.97. The normalized spacial score (nSPS) is 18.1. The van der Waals surface area contributed by atoms with Crippen molar-refractivity contribution in [1.82, 2.24) is 0 Å². The van der Waals surface area contributed by atoms with Crippen LogP contribution in [0.25, 0.3) is 0 Å². The maximum Gasteiger partial charge on any atom is 0.201 e. The van der Waals surface area contributed by atoms with Crippen molar-refractivity contribution in [1.29, 1.82) is 0 Å². The van der Waals surface area contributed by atoms with E-state index < -0.39 is 0 Å². The zero-order valence-electron chi connectivity index (χ0n) is 8.23. The molecule has 0 saturated heterocycles. The molecule has 3 heteroatoms. The van der Waals surface area contributed by atoms with Crippen LogP contribution in [0.15, 0.2) is 17.5 Å². The molecule has 0 radical (unpaired) electrons. The highest BCUT2D eigenvalue weighted by molar-refractivity contribution is 7.12. The second-order valence-corrected chi connectivity index (χ2v) is 4.50. The Balaban J connectivity index is 2.07. The van der Waals surface area contributed by atoms with Crippen LogP contribution in [0.5, 0.6) is 0 Å². The number of thiophene rings is 1. The predicted octanol–water partition coefficient (Wildman–Crippen LogP) is 2.75. The fraction of sp³-hybridized carbons (Fsp3) is 0.545. The van der Waals surface area contributed by atoms with Gasteiger partial charge in [-0.25, -0.2) is 0 Å². The lowest BCUT2D eigenvalue weighted by atomic mass is 10.1. The van der Waals surface area contributed by atoms with E-state index in [4.69, 9.17) is 4.74 Å². The first-order chi connectivity index (χ1) is 6.83. The Morgan fingerprint density at radius 2 is 2.50 bits per heavy atom. The Bertz CT molecular complexity index is 301. The minimum absolute atomic E-state index is 0.171. The first kappa shape index (κ1) is 9.87. The van der Waals surface area contributed by atoms with E-state index in [1.807, 2.05) is 24.4 Å². The summed E-state index contributed by atoms with van der Waals surface area (Å²) in [6, 6.07) is 3.79. The van der Waals surface area contributed by atoms with Crippen molar-refractivity contribution in [3.05, 3.63) is 22.4 Å². The van der Waals surface area contributed by atoms with Crippen LogP contribution in [0, 0.1) is 5.92 Å². The van der Waals surface area contributed by atoms with Gasteiger partial charge in [0, 0.05) is 6.61 Å². The summed E-state index contributed by atoms with van der Waals surface area (Å²) in [7, 11) is 0. The lowest BCUT2D eigenvalue weighted by molar-refractivity contribution is 0.0378. The van der Waals surface area contributed by atoms with Crippen molar-refractivity contribution in [2.24, 2.45) is 5.92 Å². The number of carbonyl (C=O) groups is 1. The third-order valence-electron chi connectivity index (χ3n) is 2.42. The van der Waals surface area contributed by atoms with Crippen molar-refractivity contribution >= 4 is 17.1 Å². The van der Waals surface area contributed by atoms with Crippen LogP contribution >= 0.6 is 11.3 Å². The van der Waals surface area contributed by atoms with Gasteiger partial charge in [0.15, 0.2) is 0 Å². The van der Waals surface area contributed by atoms with Crippen molar-refractivity contribution in [2.75, 3.05) is 6.61 Å². The van der Waals surface area contributed by atoms with E-state index in [1.54, 1.807) is 0 Å². The highest BCUT2D eigenvalue weighted by Crippen LogP contribution is 2.36. The Morgan fingerprint density at radius 1 is 1.71 bits per heavy atom. The van der Waals surface area contributed by atoms with Gasteiger partial charge in [0.1, 0.15) is 6.10 Å². The first-order valence-corrected chi connectivity index (χ1v) is 5.90. The molecule has 1 fully saturated rings. The molecule has 0 aromatic carbocycles. The summed E-state index contributed by atoms with van der Waals surface area (Å²) in [6.07, 6.45) is 2.10. The standard InChI is InChI=1S/C11H14O2S/c1-2-13-11(8-5-6-8)10(12)9-4-3-7-14-9/h3-4,7-8,11H,2,5-6H2,1H3. The van der Waals surface area contributed by atoms with Gasteiger partial charge in [0.25, 0.3) is 0 Å². The summed E-state index contributed by atoms with van der Waals surface area (Å²) in [5.41, 5.74) is 0. The quantitative estimate of drug-likeness (QED) is 0.698. The molecule has 14 heavy (non-hydrogen) atoms. The Kier molecular flexibility index (Phi) is 2.99. The molecular formula is C11H14O2S. The van der Waals surface area contributed by atoms with Gasteiger partial charge in [-0.05, 0) is 37.1 Å². The van der Waals surface area contributed by atoms with Gasteiger partial charge < -0.3 is 4.74 Å². The summed E-state index contributed by atoms with van der Waals surface area (Å²) >= 11 is 1.50. The summed E-state index contributed by atoms with van der Waals surface area (Å²) < 4.78 is 5.51. The molecular weight excluding hydrogens is 196 g/mol. The van der Waals surface area contributed by atoms with Crippen LogP contribution in [0.2, 0.25) is 0 Å². The highest BCUT2D eigenvalue weighted by Gasteiger charge is 2.37. The van der Waals surface area contributed by atoms with E-state index in [0.29, 0.717) is 12.5 Å². The minimum atomic E-state index is -0.182. The van der Waals surface area contributed by atoms with Gasteiger partial charge in [-0.15, -0.1) is 11.3 Å². The van der Waals surface area contributed by atoms with Gasteiger partial charge in [0.05, 0.1) is 4.88 Å². The van der Waals surface area contributed by atoms with Gasteiger partial charge in [-0.2, -0.15) is 0 Å². The number of carbonyl (C=O) groups excluding carboxylic acids is 1. The predicted molar refractivity (Wildman–Crippen MR) is 56.8 cm³/mol. The van der Waals surface area contributed by atoms with E-state index in [1.165, 1.54) is 11.3 Å². The van der Waals surface area contributed by atoms with Crippen LogP contribution in [0.1, 0.15) is 29.4 Å². The fourth-order valence-electron chi connectivity index (χ4n) is 1.56. The number of ketones is 1. The third-order valence-corrected chi connectivity index (χ3v) is 3.30. The molecule has 2 nitrogen and oxygen atoms in total. The van der Waals surface area contributed by atoms with Crippen molar-refractivity contribution < 1.29 is 9.53 Å². The summed E-state index contributed by atoms with van der Waals surface area (Å²) in [5.74, 6) is 0.647. The van der Waals surface area contributed by atoms with Crippen LogP contribution in [-0.2, 0) is 4.74 Å². The Hall–Kier alpha value is -0.670. The first-order valence-electron chi connectivity index (χ1n) is 5.02. The average molecular weight is 210 g/mol. The number of hydrogen-bond acceptors (Lipinski definition) is 3. The van der Waals surface area contributed by atoms with E-state index in [2.05, 4.69) is 0 Å². The van der Waals surface area contributed by atoms with Crippen LogP contribution in [0.4, 0.5) is 0 Å².